The number of aryl methyl sites for hydroxylation is 1. The molecule has 0 aliphatic rings. The average Bonchev–Trinajstić information content (AvgIpc) is 2.48. The maximum absolute atomic E-state index is 13.2. The van der Waals surface area contributed by atoms with Crippen LogP contribution in [-0.2, 0) is 11.3 Å². The van der Waals surface area contributed by atoms with E-state index in [0.717, 1.165) is 5.56 Å². The second-order valence-corrected chi connectivity index (χ2v) is 5.02. The van der Waals surface area contributed by atoms with Gasteiger partial charge in [0.2, 0.25) is 5.91 Å². The Morgan fingerprint density at radius 2 is 1.77 bits per heavy atom. The average molecular weight is 300 g/mol. The van der Waals surface area contributed by atoms with Gasteiger partial charge >= 0.3 is 0 Å². The van der Waals surface area contributed by atoms with E-state index >= 15 is 0 Å². The molecular weight excluding hydrogens is 283 g/mol. The summed E-state index contributed by atoms with van der Waals surface area (Å²) in [5, 5.41) is 5.41. The zero-order chi connectivity index (χ0) is 16.1. The molecule has 0 bridgehead atoms. The molecule has 0 unspecified atom stereocenters. The maximum Gasteiger partial charge on any atom is 0.251 e. The molecule has 0 aromatic heterocycles. The molecule has 0 saturated carbocycles. The summed E-state index contributed by atoms with van der Waals surface area (Å²) in [4.78, 5) is 23.0. The number of rotatable bonds is 4. The number of carbonyl (C=O) groups excluding carboxylic acids is 2. The third-order valence-electron chi connectivity index (χ3n) is 3.14. The molecule has 2 rings (SSSR count). The smallest absolute Gasteiger partial charge is 0.251 e. The fourth-order valence-corrected chi connectivity index (χ4v) is 2.01. The first-order valence-corrected chi connectivity index (χ1v) is 6.86. The van der Waals surface area contributed by atoms with Crippen molar-refractivity contribution in [3.63, 3.8) is 0 Å². The molecule has 5 heteroatoms. The van der Waals surface area contributed by atoms with Crippen LogP contribution >= 0.6 is 0 Å². The lowest BCUT2D eigenvalue weighted by Gasteiger charge is -2.08. The third kappa shape index (κ3) is 4.15. The Balaban J connectivity index is 1.96. The van der Waals surface area contributed by atoms with E-state index in [4.69, 9.17) is 0 Å². The van der Waals surface area contributed by atoms with Crippen LogP contribution in [0.2, 0.25) is 0 Å². The molecule has 0 fully saturated rings. The highest BCUT2D eigenvalue weighted by Gasteiger charge is 2.06. The van der Waals surface area contributed by atoms with Crippen molar-refractivity contribution < 1.29 is 14.0 Å². The molecule has 4 nitrogen and oxygen atoms in total. The number of amides is 2. The summed E-state index contributed by atoms with van der Waals surface area (Å²) in [6.07, 6.45) is 0. The molecule has 0 aliphatic heterocycles. The van der Waals surface area contributed by atoms with Crippen molar-refractivity contribution in [1.29, 1.82) is 0 Å². The van der Waals surface area contributed by atoms with Crippen molar-refractivity contribution in [2.24, 2.45) is 0 Å². The minimum atomic E-state index is -0.261. The Morgan fingerprint density at radius 3 is 2.36 bits per heavy atom. The normalized spacial score (nSPS) is 10.1. The zero-order valence-corrected chi connectivity index (χ0v) is 12.4. The van der Waals surface area contributed by atoms with Gasteiger partial charge in [0.15, 0.2) is 0 Å². The van der Waals surface area contributed by atoms with Crippen LogP contribution in [0.3, 0.4) is 0 Å². The van der Waals surface area contributed by atoms with Crippen LogP contribution in [0.4, 0.5) is 10.1 Å². The van der Waals surface area contributed by atoms with Gasteiger partial charge in [-0.2, -0.15) is 0 Å². The van der Waals surface area contributed by atoms with Crippen LogP contribution in [-0.4, -0.2) is 11.8 Å². The van der Waals surface area contributed by atoms with Gasteiger partial charge in [-0.1, -0.05) is 12.1 Å². The minimum absolute atomic E-state index is 0.163. The van der Waals surface area contributed by atoms with Gasteiger partial charge in [0.25, 0.3) is 5.91 Å². The van der Waals surface area contributed by atoms with Crippen molar-refractivity contribution in [2.75, 3.05) is 5.32 Å². The fourth-order valence-electron chi connectivity index (χ4n) is 2.01. The van der Waals surface area contributed by atoms with Crippen LogP contribution in [0.1, 0.15) is 28.4 Å². The summed E-state index contributed by atoms with van der Waals surface area (Å²) in [7, 11) is 0. The highest BCUT2D eigenvalue weighted by atomic mass is 19.1. The number of anilines is 1. The Labute approximate surface area is 128 Å². The topological polar surface area (TPSA) is 58.2 Å². The number of nitrogens with one attached hydrogen (secondary N) is 2. The first-order valence-electron chi connectivity index (χ1n) is 6.86. The van der Waals surface area contributed by atoms with E-state index < -0.39 is 0 Å². The molecule has 2 amide bonds. The van der Waals surface area contributed by atoms with Gasteiger partial charge < -0.3 is 10.6 Å². The SMILES string of the molecule is CC(=O)Nc1ccc(C(=O)NCc2ccc(F)c(C)c2)cc1. The predicted molar refractivity (Wildman–Crippen MR) is 83.1 cm³/mol. The van der Waals surface area contributed by atoms with E-state index in [1.165, 1.54) is 13.0 Å². The minimum Gasteiger partial charge on any atom is -0.348 e. The third-order valence-corrected chi connectivity index (χ3v) is 3.14. The quantitative estimate of drug-likeness (QED) is 0.912. The number of carbonyl (C=O) groups is 2. The molecule has 2 N–H and O–H groups in total. The zero-order valence-electron chi connectivity index (χ0n) is 12.4. The molecule has 0 radical (unpaired) electrons. The number of halogens is 1. The second-order valence-electron chi connectivity index (χ2n) is 5.02. The van der Waals surface area contributed by atoms with Gasteiger partial charge in [0.05, 0.1) is 0 Å². The van der Waals surface area contributed by atoms with Crippen LogP contribution < -0.4 is 10.6 Å². The molecule has 0 atom stereocenters. The van der Waals surface area contributed by atoms with Gasteiger partial charge in [0.1, 0.15) is 5.82 Å². The van der Waals surface area contributed by atoms with Crippen molar-refractivity contribution in [1.82, 2.24) is 5.32 Å². The van der Waals surface area contributed by atoms with Gasteiger partial charge in [-0.05, 0) is 48.4 Å². The maximum atomic E-state index is 13.2. The largest absolute Gasteiger partial charge is 0.348 e. The van der Waals surface area contributed by atoms with E-state index in [1.54, 1.807) is 43.3 Å². The Hall–Kier alpha value is -2.69. The first-order chi connectivity index (χ1) is 10.5. The molecule has 0 spiro atoms. The molecular formula is C17H17FN2O2. The van der Waals surface area contributed by atoms with E-state index in [0.29, 0.717) is 23.4 Å². The second kappa shape index (κ2) is 6.85. The van der Waals surface area contributed by atoms with Crippen molar-refractivity contribution >= 4 is 17.5 Å². The van der Waals surface area contributed by atoms with E-state index in [-0.39, 0.29) is 17.6 Å². The molecule has 2 aromatic rings. The fraction of sp³-hybridized carbons (Fsp3) is 0.176. The summed E-state index contributed by atoms with van der Waals surface area (Å²) in [6.45, 7) is 3.43. The van der Waals surface area contributed by atoms with Gasteiger partial charge in [0, 0.05) is 24.7 Å². The van der Waals surface area contributed by atoms with E-state index in [1.807, 2.05) is 0 Å². The van der Waals surface area contributed by atoms with Gasteiger partial charge in [-0.15, -0.1) is 0 Å². The van der Waals surface area contributed by atoms with Crippen molar-refractivity contribution in [3.8, 4) is 0 Å². The summed E-state index contributed by atoms with van der Waals surface area (Å²) in [6, 6.07) is 11.3. The van der Waals surface area contributed by atoms with Crippen LogP contribution in [0.25, 0.3) is 0 Å². The summed E-state index contributed by atoms with van der Waals surface area (Å²) < 4.78 is 13.2. The van der Waals surface area contributed by atoms with E-state index in [2.05, 4.69) is 10.6 Å². The Kier molecular flexibility index (Phi) is 4.88. The highest BCUT2D eigenvalue weighted by Crippen LogP contribution is 2.11. The summed E-state index contributed by atoms with van der Waals surface area (Å²) in [5.74, 6) is -0.649. The molecule has 2 aromatic carbocycles. The number of hydrogen-bond donors (Lipinski definition) is 2. The molecule has 0 saturated heterocycles. The lowest BCUT2D eigenvalue weighted by atomic mass is 10.1. The predicted octanol–water partition coefficient (Wildman–Crippen LogP) is 3.02. The lowest BCUT2D eigenvalue weighted by molar-refractivity contribution is -0.114. The highest BCUT2D eigenvalue weighted by molar-refractivity contribution is 5.95. The van der Waals surface area contributed by atoms with Crippen LogP contribution in [0, 0.1) is 12.7 Å². The van der Waals surface area contributed by atoms with Crippen molar-refractivity contribution in [2.45, 2.75) is 20.4 Å². The van der Waals surface area contributed by atoms with Gasteiger partial charge in [-0.25, -0.2) is 4.39 Å². The molecule has 0 heterocycles. The number of hydrogen-bond acceptors (Lipinski definition) is 2. The summed E-state index contributed by atoms with van der Waals surface area (Å²) in [5.41, 5.74) is 2.51. The Morgan fingerprint density at radius 1 is 1.09 bits per heavy atom. The van der Waals surface area contributed by atoms with Gasteiger partial charge in [-0.3, -0.25) is 9.59 Å². The molecule has 0 aliphatic carbocycles. The summed E-state index contributed by atoms with van der Waals surface area (Å²) >= 11 is 0. The molecule has 114 valence electrons. The monoisotopic (exact) mass is 300 g/mol. The lowest BCUT2D eigenvalue weighted by Crippen LogP contribution is -2.22. The van der Waals surface area contributed by atoms with Crippen molar-refractivity contribution in [3.05, 3.63) is 65.0 Å². The van der Waals surface area contributed by atoms with Crippen LogP contribution in [0.5, 0.6) is 0 Å². The Bertz CT molecular complexity index is 696. The first kappa shape index (κ1) is 15.7. The van der Waals surface area contributed by atoms with Crippen LogP contribution in [0.15, 0.2) is 42.5 Å². The standard InChI is InChI=1S/C17H17FN2O2/c1-11-9-13(3-8-16(11)18)10-19-17(22)14-4-6-15(7-5-14)20-12(2)21/h3-9H,10H2,1-2H3,(H,19,22)(H,20,21). The molecule has 22 heavy (non-hydrogen) atoms. The number of benzene rings is 2. The van der Waals surface area contributed by atoms with E-state index in [9.17, 15) is 14.0 Å².